The summed E-state index contributed by atoms with van der Waals surface area (Å²) >= 11 is 0. The van der Waals surface area contributed by atoms with Crippen LogP contribution in [0.4, 0.5) is 0 Å². The number of aliphatic hydroxyl groups is 1. The average molecular weight is 199 g/mol. The van der Waals surface area contributed by atoms with Crippen molar-refractivity contribution < 1.29 is 5.11 Å². The van der Waals surface area contributed by atoms with Crippen molar-refractivity contribution in [3.05, 3.63) is 0 Å². The molecule has 2 aliphatic rings. The lowest BCUT2D eigenvalue weighted by molar-refractivity contribution is 0.176. The summed E-state index contributed by atoms with van der Waals surface area (Å²) in [7, 11) is 2.11. The van der Waals surface area contributed by atoms with Crippen LogP contribution in [0.5, 0.6) is 0 Å². The van der Waals surface area contributed by atoms with Gasteiger partial charge in [-0.15, -0.1) is 0 Å². The highest BCUT2D eigenvalue weighted by Gasteiger charge is 2.29. The first-order valence-corrected chi connectivity index (χ1v) is 5.57. The lowest BCUT2D eigenvalue weighted by Gasteiger charge is -2.31. The van der Waals surface area contributed by atoms with Gasteiger partial charge in [0.2, 0.25) is 0 Å². The van der Waals surface area contributed by atoms with Crippen molar-refractivity contribution in [1.82, 2.24) is 15.1 Å². The molecule has 4 heteroatoms. The van der Waals surface area contributed by atoms with E-state index in [1.165, 1.54) is 0 Å². The van der Waals surface area contributed by atoms with Gasteiger partial charge >= 0.3 is 0 Å². The molecule has 14 heavy (non-hydrogen) atoms. The Morgan fingerprint density at radius 3 is 2.64 bits per heavy atom. The van der Waals surface area contributed by atoms with Crippen molar-refractivity contribution in [3.63, 3.8) is 0 Å². The van der Waals surface area contributed by atoms with Gasteiger partial charge in [0, 0.05) is 45.3 Å². The zero-order chi connectivity index (χ0) is 9.97. The quantitative estimate of drug-likeness (QED) is 0.596. The molecule has 0 spiro atoms. The summed E-state index contributed by atoms with van der Waals surface area (Å²) in [5.74, 6) is 0. The molecule has 2 heterocycles. The van der Waals surface area contributed by atoms with E-state index in [-0.39, 0.29) is 6.10 Å². The maximum Gasteiger partial charge on any atom is 0.0682 e. The molecule has 0 amide bonds. The minimum absolute atomic E-state index is 0.104. The largest absolute Gasteiger partial charge is 0.392 e. The fourth-order valence-electron chi connectivity index (χ4n) is 2.46. The van der Waals surface area contributed by atoms with Gasteiger partial charge in [-0.2, -0.15) is 0 Å². The molecule has 2 N–H and O–H groups in total. The number of hydrogen-bond acceptors (Lipinski definition) is 4. The third kappa shape index (κ3) is 2.45. The molecule has 4 nitrogen and oxygen atoms in total. The Kier molecular flexibility index (Phi) is 3.38. The number of rotatable bonds is 2. The van der Waals surface area contributed by atoms with Crippen LogP contribution in [0.2, 0.25) is 0 Å². The molecule has 0 aromatic carbocycles. The van der Waals surface area contributed by atoms with Crippen LogP contribution < -0.4 is 5.32 Å². The first-order valence-electron chi connectivity index (χ1n) is 5.57. The molecular weight excluding hydrogens is 178 g/mol. The number of nitrogens with zero attached hydrogens (tertiary/aromatic N) is 2. The molecule has 0 radical (unpaired) electrons. The highest BCUT2D eigenvalue weighted by Crippen LogP contribution is 2.16. The van der Waals surface area contributed by atoms with Gasteiger partial charge in [-0.05, 0) is 13.5 Å². The summed E-state index contributed by atoms with van der Waals surface area (Å²) in [4.78, 5) is 4.78. The molecule has 0 unspecified atom stereocenters. The van der Waals surface area contributed by atoms with Gasteiger partial charge in [-0.25, -0.2) is 0 Å². The van der Waals surface area contributed by atoms with Crippen LogP contribution in [0.15, 0.2) is 0 Å². The summed E-state index contributed by atoms with van der Waals surface area (Å²) in [6.45, 7) is 6.49. The van der Waals surface area contributed by atoms with Gasteiger partial charge in [0.05, 0.1) is 6.10 Å². The molecule has 0 bridgehead atoms. The predicted octanol–water partition coefficient (Wildman–Crippen LogP) is -1.04. The first kappa shape index (κ1) is 10.4. The highest BCUT2D eigenvalue weighted by molar-refractivity contribution is 4.86. The maximum absolute atomic E-state index is 9.53. The second kappa shape index (κ2) is 4.57. The number of likely N-dealkylation sites (N-methyl/N-ethyl adjacent to an activating group) is 1. The average Bonchev–Trinajstić information content (AvgIpc) is 2.47. The van der Waals surface area contributed by atoms with Crippen LogP contribution in [0, 0.1) is 0 Å². The van der Waals surface area contributed by atoms with E-state index in [0.717, 1.165) is 45.7 Å². The van der Waals surface area contributed by atoms with E-state index in [1.807, 2.05) is 0 Å². The minimum atomic E-state index is -0.104. The summed E-state index contributed by atoms with van der Waals surface area (Å²) in [6, 6.07) is 0.558. The van der Waals surface area contributed by atoms with Crippen molar-refractivity contribution in [2.45, 2.75) is 18.6 Å². The lowest BCUT2D eigenvalue weighted by atomic mass is 10.2. The number of aliphatic hydroxyl groups excluding tert-OH is 1. The van der Waals surface area contributed by atoms with Gasteiger partial charge in [0.15, 0.2) is 0 Å². The molecule has 0 aliphatic carbocycles. The van der Waals surface area contributed by atoms with E-state index in [2.05, 4.69) is 22.2 Å². The van der Waals surface area contributed by atoms with Crippen LogP contribution in [0.1, 0.15) is 6.42 Å². The Labute approximate surface area is 85.9 Å². The Bertz CT molecular complexity index is 182. The zero-order valence-electron chi connectivity index (χ0n) is 8.95. The number of β-amino-alcohol motifs (C(OH)–C–C–N with tert-alkyl or cyclic N) is 1. The summed E-state index contributed by atoms with van der Waals surface area (Å²) < 4.78 is 0. The number of hydrogen-bond donors (Lipinski definition) is 2. The topological polar surface area (TPSA) is 38.7 Å². The van der Waals surface area contributed by atoms with E-state index in [1.54, 1.807) is 0 Å². The maximum atomic E-state index is 9.53. The van der Waals surface area contributed by atoms with E-state index >= 15 is 0 Å². The van der Waals surface area contributed by atoms with Crippen LogP contribution in [-0.4, -0.2) is 73.4 Å². The number of nitrogens with one attached hydrogen (secondary N) is 1. The Balaban J connectivity index is 1.78. The molecule has 2 atom stereocenters. The lowest BCUT2D eigenvalue weighted by Crippen LogP contribution is -2.48. The molecule has 0 aromatic rings. The standard InChI is InChI=1S/C10H21N3O/c1-12-8-10(14)6-9(12)7-13-4-2-11-3-5-13/h9-11,14H,2-8H2,1H3/t9-,10+/m0/s1. The third-order valence-corrected chi connectivity index (χ3v) is 3.34. The molecular formula is C10H21N3O. The van der Waals surface area contributed by atoms with Gasteiger partial charge in [0.1, 0.15) is 0 Å². The van der Waals surface area contributed by atoms with Crippen LogP contribution in [0.25, 0.3) is 0 Å². The zero-order valence-corrected chi connectivity index (χ0v) is 8.95. The van der Waals surface area contributed by atoms with Crippen molar-refractivity contribution in [1.29, 1.82) is 0 Å². The van der Waals surface area contributed by atoms with Crippen molar-refractivity contribution in [3.8, 4) is 0 Å². The molecule has 0 aromatic heterocycles. The third-order valence-electron chi connectivity index (χ3n) is 3.34. The van der Waals surface area contributed by atoms with Crippen molar-refractivity contribution in [2.24, 2.45) is 0 Å². The molecule has 0 saturated carbocycles. The second-order valence-corrected chi connectivity index (χ2v) is 4.53. The SMILES string of the molecule is CN1C[C@H](O)C[C@H]1CN1CCNCC1. The van der Waals surface area contributed by atoms with Crippen molar-refractivity contribution in [2.75, 3.05) is 46.3 Å². The fourth-order valence-corrected chi connectivity index (χ4v) is 2.46. The Morgan fingerprint density at radius 2 is 2.07 bits per heavy atom. The van der Waals surface area contributed by atoms with Gasteiger partial charge in [-0.1, -0.05) is 0 Å². The molecule has 2 aliphatic heterocycles. The Hall–Kier alpha value is -0.160. The van der Waals surface area contributed by atoms with Gasteiger partial charge < -0.3 is 10.4 Å². The van der Waals surface area contributed by atoms with Crippen LogP contribution >= 0.6 is 0 Å². The number of piperazine rings is 1. The summed E-state index contributed by atoms with van der Waals surface area (Å²) in [6.07, 6.45) is 0.841. The van der Waals surface area contributed by atoms with E-state index in [4.69, 9.17) is 0 Å². The number of likely N-dealkylation sites (tertiary alicyclic amines) is 1. The van der Waals surface area contributed by atoms with Crippen LogP contribution in [0.3, 0.4) is 0 Å². The fraction of sp³-hybridized carbons (Fsp3) is 1.00. The predicted molar refractivity (Wildman–Crippen MR) is 56.4 cm³/mol. The van der Waals surface area contributed by atoms with Crippen molar-refractivity contribution >= 4 is 0 Å². The normalized spacial score (nSPS) is 36.4. The molecule has 2 fully saturated rings. The Morgan fingerprint density at radius 1 is 1.36 bits per heavy atom. The van der Waals surface area contributed by atoms with Gasteiger partial charge in [0.25, 0.3) is 0 Å². The minimum Gasteiger partial charge on any atom is -0.392 e. The summed E-state index contributed by atoms with van der Waals surface area (Å²) in [5.41, 5.74) is 0. The molecule has 2 saturated heterocycles. The highest BCUT2D eigenvalue weighted by atomic mass is 16.3. The smallest absolute Gasteiger partial charge is 0.0682 e. The molecule has 2 rings (SSSR count). The van der Waals surface area contributed by atoms with Crippen LogP contribution in [-0.2, 0) is 0 Å². The molecule has 82 valence electrons. The summed E-state index contributed by atoms with van der Waals surface area (Å²) in [5, 5.41) is 12.9. The van der Waals surface area contributed by atoms with E-state index < -0.39 is 0 Å². The van der Waals surface area contributed by atoms with Gasteiger partial charge in [-0.3, -0.25) is 9.80 Å². The van der Waals surface area contributed by atoms with E-state index in [0.29, 0.717) is 6.04 Å². The first-order chi connectivity index (χ1) is 6.75. The second-order valence-electron chi connectivity index (χ2n) is 4.53. The monoisotopic (exact) mass is 199 g/mol. The van der Waals surface area contributed by atoms with E-state index in [9.17, 15) is 5.11 Å².